The van der Waals surface area contributed by atoms with Crippen LogP contribution in [0, 0.1) is 11.8 Å². The first-order valence-corrected chi connectivity index (χ1v) is 5.83. The monoisotopic (exact) mass is 207 g/mol. The fourth-order valence-electron chi connectivity index (χ4n) is 1.23. The van der Waals surface area contributed by atoms with Crippen LogP contribution in [0.25, 0.3) is 0 Å². The zero-order chi connectivity index (χ0) is 10.1. The minimum absolute atomic E-state index is 0.185. The van der Waals surface area contributed by atoms with E-state index in [1.165, 1.54) is 0 Å². The predicted molar refractivity (Wildman–Crippen MR) is 46.5 cm³/mol. The van der Waals surface area contributed by atoms with Gasteiger partial charge in [0.05, 0.1) is 6.26 Å². The topological polar surface area (TPSA) is 72.5 Å². The van der Waals surface area contributed by atoms with Gasteiger partial charge in [-0.2, -0.15) is 0 Å². The van der Waals surface area contributed by atoms with Gasteiger partial charge in [0.25, 0.3) is 0 Å². The van der Waals surface area contributed by atoms with E-state index in [1.807, 2.05) is 4.72 Å². The van der Waals surface area contributed by atoms with Gasteiger partial charge in [0.1, 0.15) is 0 Å². The molecule has 1 aliphatic rings. The molecule has 0 aromatic carbocycles. The molecule has 76 valence electrons. The van der Waals surface area contributed by atoms with Crippen LogP contribution in [0.4, 0.5) is 0 Å². The van der Waals surface area contributed by atoms with Crippen molar-refractivity contribution >= 4 is 15.9 Å². The standard InChI is InChI=1S/C7H13NO4S/c1-12-4-5-3-6(5)7(9)8-13(2,10)11/h5-6H,3-4H2,1-2H3,(H,8,9)/t5-,6+/m0/s1. The fraction of sp³-hybridized carbons (Fsp3) is 0.857. The maximum atomic E-state index is 11.2. The third-order valence-electron chi connectivity index (χ3n) is 1.93. The van der Waals surface area contributed by atoms with E-state index in [2.05, 4.69) is 0 Å². The number of nitrogens with one attached hydrogen (secondary N) is 1. The van der Waals surface area contributed by atoms with Gasteiger partial charge in [-0.05, 0) is 12.3 Å². The van der Waals surface area contributed by atoms with Gasteiger partial charge in [0.15, 0.2) is 0 Å². The highest BCUT2D eigenvalue weighted by atomic mass is 32.2. The first-order valence-electron chi connectivity index (χ1n) is 3.94. The number of rotatable bonds is 4. The molecule has 0 bridgehead atoms. The van der Waals surface area contributed by atoms with Crippen molar-refractivity contribution in [1.82, 2.24) is 4.72 Å². The molecule has 0 aliphatic heterocycles. The number of methoxy groups -OCH3 is 1. The van der Waals surface area contributed by atoms with E-state index >= 15 is 0 Å². The van der Waals surface area contributed by atoms with Gasteiger partial charge in [-0.15, -0.1) is 0 Å². The number of amides is 1. The van der Waals surface area contributed by atoms with Crippen LogP contribution in [-0.4, -0.2) is 34.3 Å². The minimum Gasteiger partial charge on any atom is -0.384 e. The van der Waals surface area contributed by atoms with Crippen LogP contribution in [0.2, 0.25) is 0 Å². The Hall–Kier alpha value is -0.620. The lowest BCUT2D eigenvalue weighted by atomic mass is 10.3. The number of carbonyl (C=O) groups excluding carboxylic acids is 1. The van der Waals surface area contributed by atoms with E-state index in [0.717, 1.165) is 12.7 Å². The SMILES string of the molecule is COC[C@@H]1C[C@H]1C(=O)NS(C)(=O)=O. The van der Waals surface area contributed by atoms with E-state index < -0.39 is 15.9 Å². The van der Waals surface area contributed by atoms with E-state index in [1.54, 1.807) is 7.11 Å². The number of carbonyl (C=O) groups is 1. The summed E-state index contributed by atoms with van der Waals surface area (Å²) in [5.41, 5.74) is 0. The molecule has 13 heavy (non-hydrogen) atoms. The highest BCUT2D eigenvalue weighted by Gasteiger charge is 2.43. The van der Waals surface area contributed by atoms with Crippen molar-refractivity contribution in [3.8, 4) is 0 Å². The number of hydrogen-bond acceptors (Lipinski definition) is 4. The van der Waals surface area contributed by atoms with Crippen molar-refractivity contribution in [2.75, 3.05) is 20.0 Å². The summed E-state index contributed by atoms with van der Waals surface area (Å²) >= 11 is 0. The average Bonchev–Trinajstić information content (AvgIpc) is 2.64. The normalized spacial score (nSPS) is 26.9. The summed E-state index contributed by atoms with van der Waals surface area (Å²) in [6, 6.07) is 0. The van der Waals surface area contributed by atoms with Gasteiger partial charge in [-0.1, -0.05) is 0 Å². The van der Waals surface area contributed by atoms with Crippen molar-refractivity contribution < 1.29 is 17.9 Å². The molecular formula is C7H13NO4S. The van der Waals surface area contributed by atoms with Crippen LogP contribution >= 0.6 is 0 Å². The number of hydrogen-bond donors (Lipinski definition) is 1. The van der Waals surface area contributed by atoms with E-state index in [9.17, 15) is 13.2 Å². The molecule has 0 aromatic rings. The smallest absolute Gasteiger partial charge is 0.236 e. The number of ether oxygens (including phenoxy) is 1. The molecule has 6 heteroatoms. The number of sulfonamides is 1. The Morgan fingerprint density at radius 1 is 1.62 bits per heavy atom. The lowest BCUT2D eigenvalue weighted by Crippen LogP contribution is -2.31. The van der Waals surface area contributed by atoms with Gasteiger partial charge in [0.2, 0.25) is 15.9 Å². The van der Waals surface area contributed by atoms with Crippen LogP contribution in [0.5, 0.6) is 0 Å². The Morgan fingerprint density at radius 3 is 2.69 bits per heavy atom. The summed E-state index contributed by atoms with van der Waals surface area (Å²) in [7, 11) is -1.85. The quantitative estimate of drug-likeness (QED) is 0.664. The van der Waals surface area contributed by atoms with Crippen LogP contribution in [0.1, 0.15) is 6.42 Å². The van der Waals surface area contributed by atoms with Crippen molar-refractivity contribution in [2.24, 2.45) is 11.8 Å². The second-order valence-corrected chi connectivity index (χ2v) is 5.04. The molecule has 1 rings (SSSR count). The Labute approximate surface area is 77.5 Å². The van der Waals surface area contributed by atoms with Crippen LogP contribution < -0.4 is 4.72 Å². The molecule has 1 amide bonds. The maximum Gasteiger partial charge on any atom is 0.236 e. The zero-order valence-corrected chi connectivity index (χ0v) is 8.43. The van der Waals surface area contributed by atoms with Gasteiger partial charge in [0, 0.05) is 19.6 Å². The van der Waals surface area contributed by atoms with Crippen molar-refractivity contribution in [3.05, 3.63) is 0 Å². The molecule has 0 saturated heterocycles. The van der Waals surface area contributed by atoms with Gasteiger partial charge in [-0.3, -0.25) is 9.52 Å². The lowest BCUT2D eigenvalue weighted by molar-refractivity contribution is -0.121. The summed E-state index contributed by atoms with van der Waals surface area (Å²) < 4.78 is 28.1. The third-order valence-corrected chi connectivity index (χ3v) is 2.50. The predicted octanol–water partition coefficient (Wildman–Crippen LogP) is -0.655. The molecule has 2 atom stereocenters. The summed E-state index contributed by atoms with van der Waals surface area (Å²) in [5, 5.41) is 0. The largest absolute Gasteiger partial charge is 0.384 e. The molecule has 1 saturated carbocycles. The van der Waals surface area contributed by atoms with E-state index in [0.29, 0.717) is 6.61 Å². The fourth-order valence-corrected chi connectivity index (χ4v) is 1.74. The molecule has 0 radical (unpaired) electrons. The molecule has 1 aliphatic carbocycles. The van der Waals surface area contributed by atoms with Gasteiger partial charge in [-0.25, -0.2) is 8.42 Å². The van der Waals surface area contributed by atoms with Crippen molar-refractivity contribution in [1.29, 1.82) is 0 Å². The van der Waals surface area contributed by atoms with Crippen molar-refractivity contribution in [3.63, 3.8) is 0 Å². The van der Waals surface area contributed by atoms with E-state index in [-0.39, 0.29) is 11.8 Å². The van der Waals surface area contributed by atoms with E-state index in [4.69, 9.17) is 4.74 Å². The second kappa shape index (κ2) is 3.63. The summed E-state index contributed by atoms with van der Waals surface area (Å²) in [4.78, 5) is 11.2. The molecule has 0 aromatic heterocycles. The molecule has 5 nitrogen and oxygen atoms in total. The molecule has 1 fully saturated rings. The molecule has 0 spiro atoms. The molecular weight excluding hydrogens is 194 g/mol. The first kappa shape index (κ1) is 10.5. The summed E-state index contributed by atoms with van der Waals surface area (Å²) in [6.07, 6.45) is 1.69. The Kier molecular flexibility index (Phi) is 2.92. The Balaban J connectivity index is 2.36. The van der Waals surface area contributed by atoms with Crippen LogP contribution in [-0.2, 0) is 19.6 Å². The lowest BCUT2D eigenvalue weighted by Gasteiger charge is -2.00. The maximum absolute atomic E-state index is 11.2. The van der Waals surface area contributed by atoms with Gasteiger partial charge < -0.3 is 4.74 Å². The van der Waals surface area contributed by atoms with Crippen molar-refractivity contribution in [2.45, 2.75) is 6.42 Å². The molecule has 0 unspecified atom stereocenters. The summed E-state index contributed by atoms with van der Waals surface area (Å²) in [5.74, 6) is -0.411. The first-order chi connectivity index (χ1) is 5.94. The Morgan fingerprint density at radius 2 is 2.23 bits per heavy atom. The summed E-state index contributed by atoms with van der Waals surface area (Å²) in [6.45, 7) is 0.516. The second-order valence-electron chi connectivity index (χ2n) is 3.30. The molecule has 1 N–H and O–H groups in total. The zero-order valence-electron chi connectivity index (χ0n) is 7.61. The van der Waals surface area contributed by atoms with Gasteiger partial charge >= 0.3 is 0 Å². The average molecular weight is 207 g/mol. The highest BCUT2D eigenvalue weighted by Crippen LogP contribution is 2.38. The minimum atomic E-state index is -3.41. The van der Waals surface area contributed by atoms with Crippen LogP contribution in [0.3, 0.4) is 0 Å². The third kappa shape index (κ3) is 3.31. The Bertz CT molecular complexity index is 298. The van der Waals surface area contributed by atoms with Crippen LogP contribution in [0.15, 0.2) is 0 Å². The molecule has 0 heterocycles. The highest BCUT2D eigenvalue weighted by molar-refractivity contribution is 7.89.